The first-order chi connectivity index (χ1) is 9.75. The maximum Gasteiger partial charge on any atom is 0.247 e. The maximum atomic E-state index is 4.14. The van der Waals surface area contributed by atoms with Crippen molar-refractivity contribution >= 4 is 5.95 Å². The summed E-state index contributed by atoms with van der Waals surface area (Å²) in [7, 11) is 0. The van der Waals surface area contributed by atoms with E-state index >= 15 is 0 Å². The van der Waals surface area contributed by atoms with Crippen molar-refractivity contribution in [3.05, 3.63) is 30.3 Å². The summed E-state index contributed by atoms with van der Waals surface area (Å²) in [5.74, 6) is 2.13. The average Bonchev–Trinajstić information content (AvgIpc) is 2.93. The molecular weight excluding hydrogens is 250 g/mol. The minimum atomic E-state index is 0.451. The molecule has 5 nitrogen and oxygen atoms in total. The SMILES string of the molecule is C[C@@H]1[C@H](C)CCC[C@H]1Nc1nnnn1-c1ccccc1. The molecule has 1 fully saturated rings. The Morgan fingerprint density at radius 3 is 2.75 bits per heavy atom. The smallest absolute Gasteiger partial charge is 0.247 e. The predicted molar refractivity (Wildman–Crippen MR) is 78.7 cm³/mol. The van der Waals surface area contributed by atoms with Crippen molar-refractivity contribution in [1.29, 1.82) is 0 Å². The lowest BCUT2D eigenvalue weighted by atomic mass is 9.78. The Bertz CT molecular complexity index is 550. The number of hydrogen-bond acceptors (Lipinski definition) is 4. The molecule has 0 bridgehead atoms. The summed E-state index contributed by atoms with van der Waals surface area (Å²) in [6.45, 7) is 4.65. The Kier molecular flexibility index (Phi) is 3.67. The summed E-state index contributed by atoms with van der Waals surface area (Å²) >= 11 is 0. The number of nitrogens with one attached hydrogen (secondary N) is 1. The van der Waals surface area contributed by atoms with Crippen LogP contribution in [0.1, 0.15) is 33.1 Å². The number of tetrazole rings is 1. The molecule has 1 aromatic heterocycles. The van der Waals surface area contributed by atoms with Crippen molar-refractivity contribution in [2.24, 2.45) is 11.8 Å². The van der Waals surface area contributed by atoms with E-state index in [0.717, 1.165) is 17.6 Å². The standard InChI is InChI=1S/C15H21N5/c1-11-7-6-10-14(12(11)2)16-15-17-18-19-20(15)13-8-4-3-5-9-13/h3-5,8-9,11-12,14H,6-7,10H2,1-2H3,(H,16,17,19)/t11-,12-,14-/m1/s1. The van der Waals surface area contributed by atoms with Gasteiger partial charge in [0.1, 0.15) is 0 Å². The van der Waals surface area contributed by atoms with Gasteiger partial charge in [0.25, 0.3) is 0 Å². The lowest BCUT2D eigenvalue weighted by Gasteiger charge is -2.34. The molecule has 1 aliphatic rings. The Labute approximate surface area is 119 Å². The summed E-state index contributed by atoms with van der Waals surface area (Å²) < 4.78 is 1.77. The van der Waals surface area contributed by atoms with E-state index in [0.29, 0.717) is 12.0 Å². The number of benzene rings is 1. The quantitative estimate of drug-likeness (QED) is 0.932. The van der Waals surface area contributed by atoms with E-state index in [4.69, 9.17) is 0 Å². The van der Waals surface area contributed by atoms with Crippen LogP contribution < -0.4 is 5.32 Å². The molecule has 1 N–H and O–H groups in total. The van der Waals surface area contributed by atoms with E-state index in [2.05, 4.69) is 34.7 Å². The molecule has 3 rings (SSSR count). The Morgan fingerprint density at radius 1 is 1.15 bits per heavy atom. The van der Waals surface area contributed by atoms with E-state index in [1.807, 2.05) is 30.3 Å². The van der Waals surface area contributed by atoms with Crippen LogP contribution in [0.25, 0.3) is 5.69 Å². The average molecular weight is 271 g/mol. The van der Waals surface area contributed by atoms with E-state index < -0.39 is 0 Å². The minimum absolute atomic E-state index is 0.451. The normalized spacial score (nSPS) is 26.4. The third kappa shape index (κ3) is 2.53. The zero-order chi connectivity index (χ0) is 13.9. The Morgan fingerprint density at radius 2 is 1.95 bits per heavy atom. The number of para-hydroxylation sites is 1. The van der Waals surface area contributed by atoms with Crippen molar-refractivity contribution in [3.63, 3.8) is 0 Å². The lowest BCUT2D eigenvalue weighted by molar-refractivity contribution is 0.252. The maximum absolute atomic E-state index is 4.14. The van der Waals surface area contributed by atoms with Crippen molar-refractivity contribution in [2.45, 2.75) is 39.2 Å². The molecule has 0 spiro atoms. The molecule has 0 saturated heterocycles. The van der Waals surface area contributed by atoms with Gasteiger partial charge in [0.15, 0.2) is 0 Å². The van der Waals surface area contributed by atoms with Gasteiger partial charge in [0.2, 0.25) is 5.95 Å². The van der Waals surface area contributed by atoms with E-state index in [-0.39, 0.29) is 0 Å². The lowest BCUT2D eigenvalue weighted by Crippen LogP contribution is -2.35. The van der Waals surface area contributed by atoms with Crippen LogP contribution in [-0.4, -0.2) is 26.2 Å². The zero-order valence-electron chi connectivity index (χ0n) is 12.0. The highest BCUT2D eigenvalue weighted by atomic mass is 15.6. The van der Waals surface area contributed by atoms with Gasteiger partial charge in [-0.2, -0.15) is 4.68 Å². The largest absolute Gasteiger partial charge is 0.350 e. The monoisotopic (exact) mass is 271 g/mol. The Hall–Kier alpha value is -1.91. The third-order valence-corrected chi connectivity index (χ3v) is 4.49. The van der Waals surface area contributed by atoms with Gasteiger partial charge in [0.05, 0.1) is 5.69 Å². The number of aromatic nitrogens is 4. The van der Waals surface area contributed by atoms with E-state index in [1.54, 1.807) is 4.68 Å². The topological polar surface area (TPSA) is 55.6 Å². The summed E-state index contributed by atoms with van der Waals surface area (Å²) in [4.78, 5) is 0. The van der Waals surface area contributed by atoms with E-state index in [9.17, 15) is 0 Å². The van der Waals surface area contributed by atoms with Crippen molar-refractivity contribution < 1.29 is 0 Å². The second kappa shape index (κ2) is 5.61. The molecule has 0 radical (unpaired) electrons. The predicted octanol–water partition coefficient (Wildman–Crippen LogP) is 2.90. The van der Waals surface area contributed by atoms with Crippen LogP contribution in [0.3, 0.4) is 0 Å². The molecule has 1 heterocycles. The molecular formula is C15H21N5. The molecule has 1 aliphatic carbocycles. The molecule has 0 aliphatic heterocycles. The minimum Gasteiger partial charge on any atom is -0.350 e. The van der Waals surface area contributed by atoms with Crippen LogP contribution in [0.2, 0.25) is 0 Å². The van der Waals surface area contributed by atoms with Gasteiger partial charge in [-0.05, 0) is 40.8 Å². The molecule has 0 amide bonds. The molecule has 1 saturated carbocycles. The number of anilines is 1. The number of rotatable bonds is 3. The first kappa shape index (κ1) is 13.1. The molecule has 2 aromatic rings. The highest BCUT2D eigenvalue weighted by Gasteiger charge is 2.28. The van der Waals surface area contributed by atoms with Crippen molar-refractivity contribution in [3.8, 4) is 5.69 Å². The fourth-order valence-electron chi connectivity index (χ4n) is 2.97. The second-order valence-corrected chi connectivity index (χ2v) is 5.77. The van der Waals surface area contributed by atoms with Gasteiger partial charge in [-0.25, -0.2) is 0 Å². The molecule has 5 heteroatoms. The summed E-state index contributed by atoms with van der Waals surface area (Å²) in [6.07, 6.45) is 3.78. The zero-order valence-corrected chi connectivity index (χ0v) is 12.0. The first-order valence-electron chi connectivity index (χ1n) is 7.36. The van der Waals surface area contributed by atoms with Crippen LogP contribution in [0.4, 0.5) is 5.95 Å². The van der Waals surface area contributed by atoms with Crippen LogP contribution in [0.5, 0.6) is 0 Å². The van der Waals surface area contributed by atoms with Crippen molar-refractivity contribution in [2.75, 3.05) is 5.32 Å². The van der Waals surface area contributed by atoms with Gasteiger partial charge in [0, 0.05) is 6.04 Å². The van der Waals surface area contributed by atoms with Gasteiger partial charge in [-0.3, -0.25) is 0 Å². The van der Waals surface area contributed by atoms with Gasteiger partial charge < -0.3 is 5.32 Å². The molecule has 3 atom stereocenters. The fraction of sp³-hybridized carbons (Fsp3) is 0.533. The van der Waals surface area contributed by atoms with Crippen LogP contribution in [-0.2, 0) is 0 Å². The number of nitrogens with zero attached hydrogens (tertiary/aromatic N) is 4. The van der Waals surface area contributed by atoms with Crippen molar-refractivity contribution in [1.82, 2.24) is 20.2 Å². The summed E-state index contributed by atoms with van der Waals surface area (Å²) in [5, 5.41) is 15.6. The summed E-state index contributed by atoms with van der Waals surface area (Å²) in [5.41, 5.74) is 0.983. The van der Waals surface area contributed by atoms with Gasteiger partial charge in [-0.1, -0.05) is 50.0 Å². The highest BCUT2D eigenvalue weighted by Crippen LogP contribution is 2.31. The van der Waals surface area contributed by atoms with Gasteiger partial charge >= 0.3 is 0 Å². The molecule has 0 unspecified atom stereocenters. The Balaban J connectivity index is 1.80. The van der Waals surface area contributed by atoms with Gasteiger partial charge in [-0.15, -0.1) is 0 Å². The molecule has 106 valence electrons. The third-order valence-electron chi connectivity index (χ3n) is 4.49. The van der Waals surface area contributed by atoms with Crippen LogP contribution in [0.15, 0.2) is 30.3 Å². The number of hydrogen-bond donors (Lipinski definition) is 1. The van der Waals surface area contributed by atoms with Crippen LogP contribution in [0, 0.1) is 11.8 Å². The van der Waals surface area contributed by atoms with Crippen LogP contribution >= 0.6 is 0 Å². The first-order valence-corrected chi connectivity index (χ1v) is 7.36. The molecule has 1 aromatic carbocycles. The highest BCUT2D eigenvalue weighted by molar-refractivity contribution is 5.39. The second-order valence-electron chi connectivity index (χ2n) is 5.77. The van der Waals surface area contributed by atoms with E-state index in [1.165, 1.54) is 19.3 Å². The fourth-order valence-corrected chi connectivity index (χ4v) is 2.97. The molecule has 20 heavy (non-hydrogen) atoms. The summed E-state index contributed by atoms with van der Waals surface area (Å²) in [6, 6.07) is 10.4.